The van der Waals surface area contributed by atoms with E-state index in [1.165, 1.54) is 0 Å². The third-order valence-corrected chi connectivity index (χ3v) is 2.47. The van der Waals surface area contributed by atoms with Gasteiger partial charge >= 0.3 is 5.69 Å². The number of carbonyl (C=O) groups is 1. The molecule has 0 aromatic heterocycles. The Morgan fingerprint density at radius 3 is 2.53 bits per heavy atom. The highest BCUT2D eigenvalue weighted by Crippen LogP contribution is 2.30. The van der Waals surface area contributed by atoms with E-state index < -0.39 is 34.2 Å². The van der Waals surface area contributed by atoms with Gasteiger partial charge in [0.1, 0.15) is 11.9 Å². The Hall–Kier alpha value is -2.09. The zero-order chi connectivity index (χ0) is 12.7. The molecule has 1 aliphatic rings. The normalized spacial score (nSPS) is 19.1. The molecule has 0 saturated carbocycles. The van der Waals surface area contributed by atoms with Crippen molar-refractivity contribution in [3.8, 4) is 0 Å². The second-order valence-electron chi connectivity index (χ2n) is 3.57. The van der Waals surface area contributed by atoms with Crippen LogP contribution in [0.15, 0.2) is 12.1 Å². The summed E-state index contributed by atoms with van der Waals surface area (Å²) in [5.74, 6) is -2.87. The molecule has 1 saturated heterocycles. The summed E-state index contributed by atoms with van der Waals surface area (Å²) in [6.07, 6.45) is 0. The molecular weight excluding hydrogens is 236 g/mol. The monoisotopic (exact) mass is 243 g/mol. The first-order valence-corrected chi connectivity index (χ1v) is 4.62. The second-order valence-corrected chi connectivity index (χ2v) is 3.57. The number of nitrogens with two attached hydrogens (primary N) is 1. The van der Waals surface area contributed by atoms with Crippen molar-refractivity contribution >= 4 is 17.3 Å². The molecule has 1 unspecified atom stereocenters. The van der Waals surface area contributed by atoms with Gasteiger partial charge in [0, 0.05) is 12.1 Å². The summed E-state index contributed by atoms with van der Waals surface area (Å²) in [6, 6.07) is 0.331. The van der Waals surface area contributed by atoms with Crippen LogP contribution in [0.5, 0.6) is 0 Å². The van der Waals surface area contributed by atoms with E-state index in [9.17, 15) is 23.7 Å². The summed E-state index contributed by atoms with van der Waals surface area (Å²) >= 11 is 0. The van der Waals surface area contributed by atoms with Crippen LogP contribution < -0.4 is 10.6 Å². The number of nitro groups is 1. The first-order valence-electron chi connectivity index (χ1n) is 4.62. The SMILES string of the molecule is NC1CN(c2cc([N+](=O)[O-])c(F)cc2F)C1=O. The molecule has 1 atom stereocenters. The van der Waals surface area contributed by atoms with E-state index in [2.05, 4.69) is 0 Å². The maximum atomic E-state index is 13.4. The topological polar surface area (TPSA) is 89.5 Å². The van der Waals surface area contributed by atoms with E-state index >= 15 is 0 Å². The van der Waals surface area contributed by atoms with Crippen molar-refractivity contribution in [3.05, 3.63) is 33.9 Å². The molecule has 0 radical (unpaired) electrons. The first kappa shape index (κ1) is 11.4. The molecule has 8 heteroatoms. The van der Waals surface area contributed by atoms with Crippen LogP contribution in [0.3, 0.4) is 0 Å². The Bertz CT molecular complexity index is 520. The molecule has 1 amide bonds. The molecule has 0 spiro atoms. The van der Waals surface area contributed by atoms with Crippen LogP contribution in [0, 0.1) is 21.7 Å². The molecule has 0 bridgehead atoms. The molecule has 90 valence electrons. The summed E-state index contributed by atoms with van der Waals surface area (Å²) in [5.41, 5.74) is 4.10. The Morgan fingerprint density at radius 1 is 1.41 bits per heavy atom. The van der Waals surface area contributed by atoms with E-state index in [0.717, 1.165) is 4.90 Å². The van der Waals surface area contributed by atoms with Crippen LogP contribution in [-0.2, 0) is 4.79 Å². The first-order chi connectivity index (χ1) is 7.91. The Balaban J connectivity index is 2.44. The number of rotatable bonds is 2. The molecule has 0 aliphatic carbocycles. The van der Waals surface area contributed by atoms with Gasteiger partial charge in [0.25, 0.3) is 0 Å². The highest BCUT2D eigenvalue weighted by molar-refractivity contribution is 6.04. The van der Waals surface area contributed by atoms with Crippen molar-refractivity contribution in [1.82, 2.24) is 0 Å². The molecule has 17 heavy (non-hydrogen) atoms. The molecule has 1 aliphatic heterocycles. The van der Waals surface area contributed by atoms with Gasteiger partial charge in [0.15, 0.2) is 0 Å². The van der Waals surface area contributed by atoms with E-state index in [-0.39, 0.29) is 12.2 Å². The lowest BCUT2D eigenvalue weighted by Gasteiger charge is -2.36. The van der Waals surface area contributed by atoms with Crippen molar-refractivity contribution in [2.45, 2.75) is 6.04 Å². The Morgan fingerprint density at radius 2 is 2.06 bits per heavy atom. The zero-order valence-electron chi connectivity index (χ0n) is 8.39. The van der Waals surface area contributed by atoms with Crippen molar-refractivity contribution in [2.24, 2.45) is 5.73 Å². The molecule has 6 nitrogen and oxygen atoms in total. The quantitative estimate of drug-likeness (QED) is 0.466. The fourth-order valence-electron chi connectivity index (χ4n) is 1.54. The lowest BCUT2D eigenvalue weighted by Crippen LogP contribution is -2.61. The number of carbonyl (C=O) groups excluding carboxylic acids is 1. The van der Waals surface area contributed by atoms with Gasteiger partial charge in [-0.15, -0.1) is 0 Å². The van der Waals surface area contributed by atoms with Gasteiger partial charge < -0.3 is 10.6 Å². The van der Waals surface area contributed by atoms with E-state index in [1.807, 2.05) is 0 Å². The lowest BCUT2D eigenvalue weighted by atomic mass is 10.1. The minimum atomic E-state index is -1.28. The minimum Gasteiger partial charge on any atom is -0.318 e. The van der Waals surface area contributed by atoms with Crippen molar-refractivity contribution in [2.75, 3.05) is 11.4 Å². The van der Waals surface area contributed by atoms with Gasteiger partial charge in [-0.1, -0.05) is 0 Å². The summed E-state index contributed by atoms with van der Waals surface area (Å²) in [5, 5.41) is 10.5. The summed E-state index contributed by atoms with van der Waals surface area (Å²) < 4.78 is 26.4. The number of β-lactam (4-membered cyclic amide) rings is 1. The van der Waals surface area contributed by atoms with Gasteiger partial charge in [0.05, 0.1) is 17.2 Å². The number of anilines is 1. The standard InChI is InChI=1S/C9H7F2N3O3/c10-4-1-5(11)8(14(16)17)2-7(4)13-3-6(12)9(13)15/h1-2,6H,3,12H2. The molecule has 1 aromatic carbocycles. The van der Waals surface area contributed by atoms with E-state index in [4.69, 9.17) is 5.73 Å². The van der Waals surface area contributed by atoms with Crippen LogP contribution in [-0.4, -0.2) is 23.4 Å². The van der Waals surface area contributed by atoms with Gasteiger partial charge in [-0.25, -0.2) is 4.39 Å². The highest BCUT2D eigenvalue weighted by atomic mass is 19.1. The maximum Gasteiger partial charge on any atom is 0.307 e. The van der Waals surface area contributed by atoms with Crippen LogP contribution in [0.25, 0.3) is 0 Å². The van der Waals surface area contributed by atoms with Gasteiger partial charge in [-0.2, -0.15) is 4.39 Å². The zero-order valence-corrected chi connectivity index (χ0v) is 8.39. The lowest BCUT2D eigenvalue weighted by molar-refractivity contribution is -0.387. The van der Waals surface area contributed by atoms with Crippen LogP contribution in [0.1, 0.15) is 0 Å². The number of benzene rings is 1. The predicted octanol–water partition coefficient (Wildman–Crippen LogP) is 0.547. The van der Waals surface area contributed by atoms with Crippen LogP contribution >= 0.6 is 0 Å². The fraction of sp³-hybridized carbons (Fsp3) is 0.222. The predicted molar refractivity (Wildman–Crippen MR) is 53.3 cm³/mol. The highest BCUT2D eigenvalue weighted by Gasteiger charge is 2.37. The largest absolute Gasteiger partial charge is 0.318 e. The molecule has 2 rings (SSSR count). The number of nitro benzene ring substituents is 1. The summed E-state index contributed by atoms with van der Waals surface area (Å²) in [4.78, 5) is 21.7. The maximum absolute atomic E-state index is 13.4. The van der Waals surface area contributed by atoms with Crippen LogP contribution in [0.4, 0.5) is 20.2 Å². The molecule has 1 fully saturated rings. The number of hydrogen-bond acceptors (Lipinski definition) is 4. The summed E-state index contributed by atoms with van der Waals surface area (Å²) in [7, 11) is 0. The number of halogens is 2. The van der Waals surface area contributed by atoms with Gasteiger partial charge in [0.2, 0.25) is 11.7 Å². The molecule has 1 aromatic rings. The van der Waals surface area contributed by atoms with Gasteiger partial charge in [-0.3, -0.25) is 14.9 Å². The average Bonchev–Trinajstić information content (AvgIpc) is 2.26. The number of hydrogen-bond donors (Lipinski definition) is 1. The average molecular weight is 243 g/mol. The Kier molecular flexibility index (Phi) is 2.50. The van der Waals surface area contributed by atoms with Crippen LogP contribution in [0.2, 0.25) is 0 Å². The fourth-order valence-corrected chi connectivity index (χ4v) is 1.54. The summed E-state index contributed by atoms with van der Waals surface area (Å²) in [6.45, 7) is 0.0541. The number of amides is 1. The third kappa shape index (κ3) is 1.72. The second kappa shape index (κ2) is 3.74. The smallest absolute Gasteiger partial charge is 0.307 e. The minimum absolute atomic E-state index is 0.0541. The third-order valence-electron chi connectivity index (χ3n) is 2.47. The van der Waals surface area contributed by atoms with E-state index in [1.54, 1.807) is 0 Å². The van der Waals surface area contributed by atoms with Crippen molar-refractivity contribution < 1.29 is 18.5 Å². The molecular formula is C9H7F2N3O3. The molecule has 1 heterocycles. The number of nitrogens with zero attached hydrogens (tertiary/aromatic N) is 2. The Labute approximate surface area is 93.8 Å². The van der Waals surface area contributed by atoms with Crippen molar-refractivity contribution in [1.29, 1.82) is 0 Å². The van der Waals surface area contributed by atoms with Crippen molar-refractivity contribution in [3.63, 3.8) is 0 Å². The molecule has 2 N–H and O–H groups in total. The van der Waals surface area contributed by atoms with E-state index in [0.29, 0.717) is 12.1 Å². The van der Waals surface area contributed by atoms with Gasteiger partial charge in [-0.05, 0) is 0 Å².